The Kier molecular flexibility index (Phi) is 7.14. The predicted octanol–water partition coefficient (Wildman–Crippen LogP) is 13.1. The number of nitrogens with zero attached hydrogens (tertiary/aromatic N) is 1. The first-order valence-electron chi connectivity index (χ1n) is 18.4. The highest BCUT2D eigenvalue weighted by Gasteiger charge is 2.40. The van der Waals surface area contributed by atoms with Gasteiger partial charge in [-0.3, -0.25) is 0 Å². The summed E-state index contributed by atoms with van der Waals surface area (Å²) in [7, 11) is 0. The number of hydrogen-bond acceptors (Lipinski definition) is 1. The molecule has 0 radical (unpaired) electrons. The predicted molar refractivity (Wildman–Crippen MR) is 198 cm³/mol. The fourth-order valence-electron chi connectivity index (χ4n) is 10.2. The minimum Gasteiger partial charge on any atom is -0.310 e. The zero-order chi connectivity index (χ0) is 31.5. The molecule has 0 N–H and O–H groups in total. The summed E-state index contributed by atoms with van der Waals surface area (Å²) in [6.07, 6.45) is 12.4. The quantitative estimate of drug-likeness (QED) is 0.184. The molecule has 0 heterocycles. The molecule has 0 amide bonds. The topological polar surface area (TPSA) is 3.24 Å². The van der Waals surface area contributed by atoms with Crippen LogP contribution in [-0.4, -0.2) is 0 Å². The maximum absolute atomic E-state index is 2.55. The molecule has 0 aliphatic heterocycles. The van der Waals surface area contributed by atoms with E-state index in [4.69, 9.17) is 0 Å². The Morgan fingerprint density at radius 3 is 2.00 bits per heavy atom. The van der Waals surface area contributed by atoms with Crippen LogP contribution in [0.25, 0.3) is 22.3 Å². The average molecular weight is 614 g/mol. The Bertz CT molecular complexity index is 1920. The second-order valence-electron chi connectivity index (χ2n) is 15.5. The monoisotopic (exact) mass is 613 g/mol. The van der Waals surface area contributed by atoms with Crippen molar-refractivity contribution in [1.29, 1.82) is 0 Å². The Hall–Kier alpha value is -4.10. The van der Waals surface area contributed by atoms with Crippen LogP contribution in [0.1, 0.15) is 106 Å². The minimum absolute atomic E-state index is 0.0493. The second kappa shape index (κ2) is 11.6. The van der Waals surface area contributed by atoms with Gasteiger partial charge in [0.2, 0.25) is 0 Å². The van der Waals surface area contributed by atoms with E-state index in [2.05, 4.69) is 134 Å². The Morgan fingerprint density at radius 1 is 0.553 bits per heavy atom. The molecule has 4 aliphatic carbocycles. The maximum atomic E-state index is 2.55. The van der Waals surface area contributed by atoms with Crippen molar-refractivity contribution in [2.24, 2.45) is 11.8 Å². The summed E-state index contributed by atoms with van der Waals surface area (Å²) in [5.41, 5.74) is 15.1. The van der Waals surface area contributed by atoms with Gasteiger partial charge in [0, 0.05) is 22.4 Å². The molecule has 5 aromatic carbocycles. The van der Waals surface area contributed by atoms with Crippen LogP contribution in [0, 0.1) is 11.8 Å². The third kappa shape index (κ3) is 4.88. The van der Waals surface area contributed by atoms with Crippen LogP contribution < -0.4 is 4.90 Å². The van der Waals surface area contributed by atoms with Gasteiger partial charge in [0.05, 0.1) is 5.69 Å². The van der Waals surface area contributed by atoms with Crippen LogP contribution in [0.5, 0.6) is 0 Å². The molecular weight excluding hydrogens is 567 g/mol. The lowest BCUT2D eigenvalue weighted by Gasteiger charge is -2.31. The zero-order valence-corrected chi connectivity index (χ0v) is 28.1. The molecule has 2 bridgehead atoms. The van der Waals surface area contributed by atoms with Gasteiger partial charge in [-0.2, -0.15) is 0 Å². The van der Waals surface area contributed by atoms with Crippen LogP contribution in [0.4, 0.5) is 17.1 Å². The average Bonchev–Trinajstić information content (AvgIpc) is 3.82. The maximum Gasteiger partial charge on any atom is 0.0540 e. The summed E-state index contributed by atoms with van der Waals surface area (Å²) in [4.78, 5) is 2.55. The number of fused-ring (bicyclic) bond motifs is 5. The minimum atomic E-state index is -0.0493. The Morgan fingerprint density at radius 2 is 1.23 bits per heavy atom. The third-order valence-electron chi connectivity index (χ3n) is 12.6. The molecule has 3 saturated carbocycles. The molecule has 0 saturated heterocycles. The van der Waals surface area contributed by atoms with E-state index in [1.165, 1.54) is 114 Å². The van der Waals surface area contributed by atoms with Crippen LogP contribution in [-0.2, 0) is 5.41 Å². The van der Waals surface area contributed by atoms with E-state index in [-0.39, 0.29) is 5.41 Å². The summed E-state index contributed by atoms with van der Waals surface area (Å²) in [6.45, 7) is 4.79. The lowest BCUT2D eigenvalue weighted by Crippen LogP contribution is -2.17. The van der Waals surface area contributed by atoms with E-state index < -0.39 is 0 Å². The number of para-hydroxylation sites is 1. The summed E-state index contributed by atoms with van der Waals surface area (Å²) in [5, 5.41) is 0. The highest BCUT2D eigenvalue weighted by molar-refractivity contribution is 5.91. The van der Waals surface area contributed by atoms with Gasteiger partial charge in [0.25, 0.3) is 0 Å². The Labute approximate surface area is 281 Å². The van der Waals surface area contributed by atoms with E-state index in [0.29, 0.717) is 5.92 Å². The van der Waals surface area contributed by atoms with Crippen LogP contribution in [0.2, 0.25) is 0 Å². The van der Waals surface area contributed by atoms with Gasteiger partial charge in [-0.25, -0.2) is 0 Å². The van der Waals surface area contributed by atoms with E-state index >= 15 is 0 Å². The molecule has 4 aliphatic rings. The first-order valence-corrected chi connectivity index (χ1v) is 18.4. The molecule has 5 aromatic rings. The smallest absolute Gasteiger partial charge is 0.0540 e. The van der Waals surface area contributed by atoms with Crippen molar-refractivity contribution < 1.29 is 0 Å². The van der Waals surface area contributed by atoms with Crippen LogP contribution in [0.15, 0.2) is 115 Å². The van der Waals surface area contributed by atoms with E-state index in [9.17, 15) is 0 Å². The standard InChI is InChI=1S/C46H47N/c1-46(2)43-18-10-8-16-39(43)40-27-26-36(30-44(40)46)47(35-24-22-33(23-25-35)42-29-31-20-21-34(42)28-31)45-19-11-9-17-41(45)38-15-7-6-14-37(38)32-12-4-3-5-13-32/h6-11,14-19,22-27,30-32,34,42H,3-5,12-13,20-21,28-29H2,1-2H3. The fraction of sp³-hybridized carbons (Fsp3) is 0.348. The number of anilines is 3. The highest BCUT2D eigenvalue weighted by Crippen LogP contribution is 2.54. The Balaban J connectivity index is 1.19. The number of hydrogen-bond donors (Lipinski definition) is 0. The van der Waals surface area contributed by atoms with E-state index in [1.54, 1.807) is 5.56 Å². The van der Waals surface area contributed by atoms with Crippen molar-refractivity contribution in [2.45, 2.75) is 88.9 Å². The number of benzene rings is 5. The molecule has 1 heteroatoms. The summed E-state index contributed by atoms with van der Waals surface area (Å²) in [5.74, 6) is 3.22. The van der Waals surface area contributed by atoms with Crippen molar-refractivity contribution in [3.8, 4) is 22.3 Å². The van der Waals surface area contributed by atoms with Gasteiger partial charge in [-0.1, -0.05) is 124 Å². The molecule has 0 spiro atoms. The fourth-order valence-corrected chi connectivity index (χ4v) is 10.2. The first-order chi connectivity index (χ1) is 23.1. The van der Waals surface area contributed by atoms with Crippen molar-refractivity contribution in [2.75, 3.05) is 4.90 Å². The molecule has 0 aromatic heterocycles. The van der Waals surface area contributed by atoms with Gasteiger partial charge in [0.1, 0.15) is 0 Å². The van der Waals surface area contributed by atoms with E-state index in [1.807, 2.05) is 0 Å². The summed E-state index contributed by atoms with van der Waals surface area (Å²) >= 11 is 0. The molecule has 3 fully saturated rings. The molecule has 236 valence electrons. The molecule has 47 heavy (non-hydrogen) atoms. The SMILES string of the molecule is CC1(C)c2ccccc2-c2ccc(N(c3ccc(C4CC5CCC4C5)cc3)c3ccccc3-c3ccccc3C3CCCCC3)cc21. The van der Waals surface area contributed by atoms with Crippen molar-refractivity contribution in [1.82, 2.24) is 0 Å². The molecule has 9 rings (SSSR count). The third-order valence-corrected chi connectivity index (χ3v) is 12.6. The van der Waals surface area contributed by atoms with Gasteiger partial charge in [-0.15, -0.1) is 0 Å². The molecular formula is C46H47N. The van der Waals surface area contributed by atoms with Crippen molar-refractivity contribution in [3.63, 3.8) is 0 Å². The molecule has 1 nitrogen and oxygen atoms in total. The first kappa shape index (κ1) is 29.1. The van der Waals surface area contributed by atoms with Crippen LogP contribution in [0.3, 0.4) is 0 Å². The van der Waals surface area contributed by atoms with Gasteiger partial charge < -0.3 is 4.90 Å². The lowest BCUT2D eigenvalue weighted by molar-refractivity contribution is 0.420. The van der Waals surface area contributed by atoms with Crippen LogP contribution >= 0.6 is 0 Å². The summed E-state index contributed by atoms with van der Waals surface area (Å²) in [6, 6.07) is 44.4. The normalized spacial score (nSPS) is 22.6. The van der Waals surface area contributed by atoms with Gasteiger partial charge in [-0.05, 0) is 125 Å². The van der Waals surface area contributed by atoms with Gasteiger partial charge in [0.15, 0.2) is 0 Å². The van der Waals surface area contributed by atoms with Gasteiger partial charge >= 0.3 is 0 Å². The molecule has 3 unspecified atom stereocenters. The molecule has 3 atom stereocenters. The second-order valence-corrected chi connectivity index (χ2v) is 15.5. The zero-order valence-electron chi connectivity index (χ0n) is 28.1. The lowest BCUT2D eigenvalue weighted by atomic mass is 9.80. The number of rotatable bonds is 6. The summed E-state index contributed by atoms with van der Waals surface area (Å²) < 4.78 is 0. The van der Waals surface area contributed by atoms with E-state index in [0.717, 1.165) is 17.8 Å². The highest BCUT2D eigenvalue weighted by atomic mass is 15.1. The van der Waals surface area contributed by atoms with Crippen molar-refractivity contribution >= 4 is 17.1 Å². The largest absolute Gasteiger partial charge is 0.310 e. The van der Waals surface area contributed by atoms with Crippen molar-refractivity contribution in [3.05, 3.63) is 138 Å².